The molecular formula is C52H30O2. The Bertz CT molecular complexity index is 3450. The van der Waals surface area contributed by atoms with Crippen LogP contribution in [0, 0.1) is 0 Å². The minimum atomic E-state index is 0.844. The second kappa shape index (κ2) is 11.2. The molecule has 2 heteroatoms. The number of hydrogen-bond donors (Lipinski definition) is 0. The molecule has 12 rings (SSSR count). The van der Waals surface area contributed by atoms with Gasteiger partial charge in [-0.3, -0.25) is 0 Å². The second-order valence-electron chi connectivity index (χ2n) is 14.3. The predicted molar refractivity (Wildman–Crippen MR) is 227 cm³/mol. The van der Waals surface area contributed by atoms with Crippen molar-refractivity contribution in [3.05, 3.63) is 182 Å². The van der Waals surface area contributed by atoms with Gasteiger partial charge in [-0.25, -0.2) is 0 Å². The third-order valence-electron chi connectivity index (χ3n) is 11.4. The molecule has 0 radical (unpaired) electrons. The number of para-hydroxylation sites is 2. The van der Waals surface area contributed by atoms with Crippen molar-refractivity contribution < 1.29 is 8.83 Å². The quantitative estimate of drug-likeness (QED) is 0.173. The molecule has 0 aliphatic rings. The van der Waals surface area contributed by atoms with Crippen molar-refractivity contribution in [3.8, 4) is 33.4 Å². The smallest absolute Gasteiger partial charge is 0.147 e. The highest BCUT2D eigenvalue weighted by Crippen LogP contribution is 2.49. The molecular weight excluding hydrogens is 657 g/mol. The molecule has 2 heterocycles. The maximum Gasteiger partial charge on any atom is 0.147 e. The Morgan fingerprint density at radius 1 is 0.278 bits per heavy atom. The van der Waals surface area contributed by atoms with Gasteiger partial charge < -0.3 is 8.83 Å². The summed E-state index contributed by atoms with van der Waals surface area (Å²) < 4.78 is 13.3. The van der Waals surface area contributed by atoms with Gasteiger partial charge in [-0.2, -0.15) is 0 Å². The first-order valence-electron chi connectivity index (χ1n) is 18.5. The zero-order valence-electron chi connectivity index (χ0n) is 29.1. The second-order valence-corrected chi connectivity index (χ2v) is 14.3. The number of fused-ring (bicyclic) bond motifs is 11. The van der Waals surface area contributed by atoms with Gasteiger partial charge in [0.25, 0.3) is 0 Å². The summed E-state index contributed by atoms with van der Waals surface area (Å²) in [4.78, 5) is 0. The summed E-state index contributed by atoms with van der Waals surface area (Å²) in [6.45, 7) is 0. The van der Waals surface area contributed by atoms with Gasteiger partial charge in [0.1, 0.15) is 22.3 Å². The number of rotatable bonds is 3. The van der Waals surface area contributed by atoms with E-state index in [2.05, 4.69) is 158 Å². The van der Waals surface area contributed by atoms with Gasteiger partial charge >= 0.3 is 0 Å². The molecule has 10 aromatic carbocycles. The van der Waals surface area contributed by atoms with E-state index in [9.17, 15) is 0 Å². The number of benzene rings is 10. The Morgan fingerprint density at radius 3 is 1.48 bits per heavy atom. The van der Waals surface area contributed by atoms with Gasteiger partial charge in [0.15, 0.2) is 0 Å². The van der Waals surface area contributed by atoms with Gasteiger partial charge in [0.05, 0.1) is 5.39 Å². The normalized spacial score (nSPS) is 12.1. The molecule has 0 spiro atoms. The average molecular weight is 687 g/mol. The zero-order chi connectivity index (χ0) is 35.3. The standard InChI is InChI=1S/C52H30O2/c1-2-14-32-29-33(26-25-31(32)13-1)48-38-18-5-7-20-40(38)49(41-21-8-6-19-39(41)48)42-28-27-36(34-15-3-4-16-35(34)42)44-30-45-37-17-9-11-23-46(37)53-52(45)50-43-22-10-12-24-47(43)54-51(44)50/h1-30H. The maximum absolute atomic E-state index is 6.74. The van der Waals surface area contributed by atoms with E-state index in [0.29, 0.717) is 0 Å². The molecule has 250 valence electrons. The monoisotopic (exact) mass is 686 g/mol. The fourth-order valence-electron chi connectivity index (χ4n) is 9.09. The molecule has 2 nitrogen and oxygen atoms in total. The average Bonchev–Trinajstić information content (AvgIpc) is 3.81. The first kappa shape index (κ1) is 29.4. The first-order chi connectivity index (χ1) is 26.8. The summed E-state index contributed by atoms with van der Waals surface area (Å²) in [6, 6.07) is 65.7. The molecule has 0 saturated heterocycles. The van der Waals surface area contributed by atoms with Crippen molar-refractivity contribution in [3.63, 3.8) is 0 Å². The molecule has 0 amide bonds. The van der Waals surface area contributed by atoms with E-state index in [1.807, 2.05) is 24.3 Å². The summed E-state index contributed by atoms with van der Waals surface area (Å²) >= 11 is 0. The van der Waals surface area contributed by atoms with Crippen LogP contribution in [0.3, 0.4) is 0 Å². The largest absolute Gasteiger partial charge is 0.455 e. The van der Waals surface area contributed by atoms with Crippen LogP contribution in [0.1, 0.15) is 0 Å². The van der Waals surface area contributed by atoms with E-state index >= 15 is 0 Å². The van der Waals surface area contributed by atoms with Crippen LogP contribution >= 0.6 is 0 Å². The minimum absolute atomic E-state index is 0.844. The SMILES string of the molecule is c1ccc2cc(-c3c4ccccc4c(-c4ccc(-c5cc6c7ccccc7oc6c6c5oc5ccccc56)c5ccccc45)c4ccccc34)ccc2c1. The summed E-state index contributed by atoms with van der Waals surface area (Å²) in [5.41, 5.74) is 10.6. The Labute approximate surface area is 310 Å². The summed E-state index contributed by atoms with van der Waals surface area (Å²) in [5.74, 6) is 0. The minimum Gasteiger partial charge on any atom is -0.455 e. The Kier molecular flexibility index (Phi) is 6.09. The van der Waals surface area contributed by atoms with Crippen molar-refractivity contribution in [1.82, 2.24) is 0 Å². The molecule has 2 aromatic heterocycles. The Hall–Kier alpha value is -7.16. The third kappa shape index (κ3) is 4.11. The molecule has 0 saturated carbocycles. The van der Waals surface area contributed by atoms with Gasteiger partial charge in [-0.1, -0.05) is 158 Å². The van der Waals surface area contributed by atoms with E-state index in [1.54, 1.807) is 0 Å². The van der Waals surface area contributed by atoms with Crippen LogP contribution in [0.15, 0.2) is 191 Å². The van der Waals surface area contributed by atoms with Crippen LogP contribution in [-0.2, 0) is 0 Å². The lowest BCUT2D eigenvalue weighted by Crippen LogP contribution is -1.92. The van der Waals surface area contributed by atoms with E-state index < -0.39 is 0 Å². The van der Waals surface area contributed by atoms with Crippen molar-refractivity contribution in [2.45, 2.75) is 0 Å². The molecule has 12 aromatic rings. The molecule has 54 heavy (non-hydrogen) atoms. The van der Waals surface area contributed by atoms with Gasteiger partial charge in [-0.15, -0.1) is 0 Å². The van der Waals surface area contributed by atoms with Crippen LogP contribution in [-0.4, -0.2) is 0 Å². The van der Waals surface area contributed by atoms with Crippen molar-refractivity contribution in [1.29, 1.82) is 0 Å². The highest BCUT2D eigenvalue weighted by molar-refractivity contribution is 6.28. The van der Waals surface area contributed by atoms with Crippen molar-refractivity contribution in [2.24, 2.45) is 0 Å². The molecule has 0 aliphatic carbocycles. The Morgan fingerprint density at radius 2 is 0.778 bits per heavy atom. The van der Waals surface area contributed by atoms with Crippen LogP contribution in [0.5, 0.6) is 0 Å². The number of furan rings is 2. The van der Waals surface area contributed by atoms with E-state index in [0.717, 1.165) is 55.0 Å². The summed E-state index contributed by atoms with van der Waals surface area (Å²) in [7, 11) is 0. The molecule has 0 aliphatic heterocycles. The van der Waals surface area contributed by atoms with Gasteiger partial charge in [0.2, 0.25) is 0 Å². The van der Waals surface area contributed by atoms with Crippen LogP contribution < -0.4 is 0 Å². The molecule has 0 N–H and O–H groups in total. The van der Waals surface area contributed by atoms with Crippen molar-refractivity contribution >= 4 is 87.0 Å². The van der Waals surface area contributed by atoms with E-state index in [-0.39, 0.29) is 0 Å². The highest BCUT2D eigenvalue weighted by Gasteiger charge is 2.23. The van der Waals surface area contributed by atoms with Gasteiger partial charge in [-0.05, 0) is 95.2 Å². The fraction of sp³-hybridized carbons (Fsp3) is 0. The predicted octanol–water partition coefficient (Wildman–Crippen LogP) is 15.1. The highest BCUT2D eigenvalue weighted by atomic mass is 16.3. The zero-order valence-corrected chi connectivity index (χ0v) is 29.1. The molecule has 0 bridgehead atoms. The third-order valence-corrected chi connectivity index (χ3v) is 11.4. The number of hydrogen-bond acceptors (Lipinski definition) is 2. The maximum atomic E-state index is 6.74. The topological polar surface area (TPSA) is 26.3 Å². The lowest BCUT2D eigenvalue weighted by Gasteiger charge is -2.20. The molecule has 0 unspecified atom stereocenters. The Balaban J connectivity index is 1.17. The van der Waals surface area contributed by atoms with E-state index in [1.165, 1.54) is 65.3 Å². The van der Waals surface area contributed by atoms with Crippen LogP contribution in [0.25, 0.3) is 120 Å². The lowest BCUT2D eigenvalue weighted by molar-refractivity contribution is 0.663. The lowest BCUT2D eigenvalue weighted by atomic mass is 9.83. The first-order valence-corrected chi connectivity index (χ1v) is 18.5. The summed E-state index contributed by atoms with van der Waals surface area (Å²) in [5, 5.41) is 14.1. The van der Waals surface area contributed by atoms with Crippen LogP contribution in [0.4, 0.5) is 0 Å². The fourth-order valence-corrected chi connectivity index (χ4v) is 9.09. The van der Waals surface area contributed by atoms with Crippen LogP contribution in [0.2, 0.25) is 0 Å². The van der Waals surface area contributed by atoms with Gasteiger partial charge in [0, 0.05) is 21.7 Å². The molecule has 0 fully saturated rings. The summed E-state index contributed by atoms with van der Waals surface area (Å²) in [6.07, 6.45) is 0. The van der Waals surface area contributed by atoms with E-state index in [4.69, 9.17) is 8.83 Å². The van der Waals surface area contributed by atoms with Crippen molar-refractivity contribution in [2.75, 3.05) is 0 Å². The molecule has 0 atom stereocenters.